The molecule has 0 aliphatic carbocycles. The van der Waals surface area contributed by atoms with Gasteiger partial charge in [-0.2, -0.15) is 9.83 Å². The summed E-state index contributed by atoms with van der Waals surface area (Å²) in [5.74, 6) is -4.36. The molecule has 2 aromatic heterocycles. The summed E-state index contributed by atoms with van der Waals surface area (Å²) in [5, 5.41) is 13.0. The summed E-state index contributed by atoms with van der Waals surface area (Å²) in [6, 6.07) is 27.3. The fourth-order valence-corrected chi connectivity index (χ4v) is 6.92. The first-order chi connectivity index (χ1) is 23.3. The van der Waals surface area contributed by atoms with E-state index in [-0.39, 0.29) is 5.69 Å². The monoisotopic (exact) mass is 590 g/mol. The molecule has 43 heavy (non-hydrogen) atoms. The van der Waals surface area contributed by atoms with E-state index in [0.717, 1.165) is 34.3 Å². The summed E-state index contributed by atoms with van der Waals surface area (Å²) in [4.78, 5) is 0. The van der Waals surface area contributed by atoms with E-state index in [1.54, 1.807) is 13.1 Å². The van der Waals surface area contributed by atoms with Crippen molar-refractivity contribution in [3.05, 3.63) is 108 Å². The largest absolute Gasteiger partial charge is 0.454 e. The third-order valence-corrected chi connectivity index (χ3v) is 10.2. The van der Waals surface area contributed by atoms with Crippen LogP contribution in [0.5, 0.6) is 0 Å². The normalized spacial score (nSPS) is 15.1. The predicted molar refractivity (Wildman–Crippen MR) is 178 cm³/mol. The minimum absolute atomic E-state index is 0.264. The van der Waals surface area contributed by atoms with E-state index in [0.29, 0.717) is 38.8 Å². The first-order valence-corrected chi connectivity index (χ1v) is 17.6. The van der Waals surface area contributed by atoms with E-state index < -0.39 is 39.1 Å². The Morgan fingerprint density at radius 3 is 2.05 bits per heavy atom. The molecule has 4 aromatic carbocycles. The Kier molecular flexibility index (Phi) is 5.24. The Balaban J connectivity index is 1.55. The molecule has 5 heteroatoms. The molecule has 0 saturated heterocycles. The van der Waals surface area contributed by atoms with Crippen molar-refractivity contribution >= 4 is 35.2 Å². The van der Waals surface area contributed by atoms with Crippen molar-refractivity contribution in [3.8, 4) is 39.6 Å². The average molecular weight is 591 g/mol. The first kappa shape index (κ1) is 21.2. The number of rotatable bonds is 5. The summed E-state index contributed by atoms with van der Waals surface area (Å²) in [6.07, 6.45) is 0.992. The van der Waals surface area contributed by atoms with Gasteiger partial charge in [0.25, 0.3) is 0 Å². The zero-order chi connectivity index (χ0) is 36.6. The molecule has 0 spiro atoms. The number of pyridine rings is 1. The maximum absolute atomic E-state index is 15.5. The Labute approximate surface area is 263 Å². The van der Waals surface area contributed by atoms with Crippen LogP contribution in [0.15, 0.2) is 89.5 Å². The summed E-state index contributed by atoms with van der Waals surface area (Å²) in [7, 11) is 0.119. The number of fused-ring (bicyclic) bond motifs is 3. The highest BCUT2D eigenvalue weighted by atomic mass is 28.3. The van der Waals surface area contributed by atoms with Crippen molar-refractivity contribution in [2.24, 2.45) is 7.05 Å². The molecule has 0 aliphatic heterocycles. The van der Waals surface area contributed by atoms with Gasteiger partial charge in [-0.25, -0.2) is 4.39 Å². The number of aryl methyl sites for hydroxylation is 2. The summed E-state index contributed by atoms with van der Waals surface area (Å²) in [5.41, 5.74) is 5.42. The highest BCUT2D eigenvalue weighted by molar-refractivity contribution is 6.88. The molecule has 214 valence electrons. The maximum Gasteiger partial charge on any atom is 0.216 e. The molecule has 0 amide bonds. The molecule has 2 heterocycles. The zero-order valence-electron chi connectivity index (χ0n) is 31.8. The molecule has 0 unspecified atom stereocenters. The van der Waals surface area contributed by atoms with Crippen LogP contribution in [0.1, 0.15) is 45.9 Å². The van der Waals surface area contributed by atoms with Crippen LogP contribution in [0.4, 0.5) is 4.39 Å². The van der Waals surface area contributed by atoms with Crippen LogP contribution in [-0.4, -0.2) is 8.07 Å². The van der Waals surface area contributed by atoms with E-state index in [4.69, 9.17) is 14.0 Å². The second kappa shape index (κ2) is 10.6. The smallest absolute Gasteiger partial charge is 0.216 e. The minimum atomic E-state index is -3.37. The second-order valence-electron chi connectivity index (χ2n) is 12.0. The van der Waals surface area contributed by atoms with Crippen LogP contribution in [0.2, 0.25) is 19.6 Å². The molecule has 6 aromatic rings. The van der Waals surface area contributed by atoms with Gasteiger partial charge >= 0.3 is 0 Å². The maximum atomic E-state index is 15.5. The lowest BCUT2D eigenvalue weighted by Gasteiger charge is -2.16. The van der Waals surface area contributed by atoms with E-state index in [1.807, 2.05) is 49.4 Å². The van der Waals surface area contributed by atoms with Crippen molar-refractivity contribution in [2.75, 3.05) is 0 Å². The third kappa shape index (κ3) is 4.96. The Morgan fingerprint density at radius 2 is 1.44 bits per heavy atom. The van der Waals surface area contributed by atoms with Gasteiger partial charge in [-0.05, 0) is 47.2 Å². The fraction of sp³-hybridized carbons (Fsp3) is 0.211. The molecule has 0 N–H and O–H groups in total. The van der Waals surface area contributed by atoms with Gasteiger partial charge in [0.2, 0.25) is 11.9 Å². The first-order valence-electron chi connectivity index (χ1n) is 17.6. The van der Waals surface area contributed by atoms with Crippen molar-refractivity contribution in [2.45, 2.75) is 46.2 Å². The second-order valence-corrected chi connectivity index (χ2v) is 17.1. The van der Waals surface area contributed by atoms with E-state index in [2.05, 4.69) is 50.0 Å². The van der Waals surface area contributed by atoms with Crippen molar-refractivity contribution in [1.29, 1.82) is 5.26 Å². The van der Waals surface area contributed by atoms with Gasteiger partial charge < -0.3 is 4.42 Å². The van der Waals surface area contributed by atoms with E-state index in [1.165, 1.54) is 9.75 Å². The van der Waals surface area contributed by atoms with Crippen LogP contribution >= 0.6 is 0 Å². The number of nitrogens with zero attached hydrogens (tertiary/aromatic N) is 2. The van der Waals surface area contributed by atoms with Crippen molar-refractivity contribution in [3.63, 3.8) is 0 Å². The molecular weight excluding hydrogens is 548 g/mol. The van der Waals surface area contributed by atoms with Crippen LogP contribution in [0.3, 0.4) is 0 Å². The lowest BCUT2D eigenvalue weighted by Crippen LogP contribution is -2.37. The molecule has 0 saturated carbocycles. The highest BCUT2D eigenvalue weighted by Crippen LogP contribution is 2.42. The van der Waals surface area contributed by atoms with Gasteiger partial charge in [-0.1, -0.05) is 99.2 Å². The molecule has 3 nitrogen and oxygen atoms in total. The summed E-state index contributed by atoms with van der Waals surface area (Å²) >= 11 is 0. The zero-order valence-corrected chi connectivity index (χ0v) is 25.8. The number of benzene rings is 4. The molecule has 6 rings (SSSR count). The van der Waals surface area contributed by atoms with Crippen molar-refractivity contribution < 1.29 is 23.0 Å². The predicted octanol–water partition coefficient (Wildman–Crippen LogP) is 9.40. The van der Waals surface area contributed by atoms with Gasteiger partial charge in [-0.3, -0.25) is 0 Å². The number of hydrogen-bond acceptors (Lipinski definition) is 2. The van der Waals surface area contributed by atoms with Crippen LogP contribution < -0.4 is 9.75 Å². The van der Waals surface area contributed by atoms with Crippen LogP contribution in [-0.2, 0) is 7.05 Å². The number of aromatic nitrogens is 1. The molecule has 0 aliphatic rings. The van der Waals surface area contributed by atoms with Crippen LogP contribution in [0.25, 0.3) is 55.4 Å². The van der Waals surface area contributed by atoms with Gasteiger partial charge in [-0.15, -0.1) is 0 Å². The summed E-state index contributed by atoms with van der Waals surface area (Å²) < 4.78 is 80.0. The van der Waals surface area contributed by atoms with Gasteiger partial charge in [0.05, 0.1) is 25.3 Å². The molecule has 0 atom stereocenters. The van der Waals surface area contributed by atoms with Crippen LogP contribution in [0, 0.1) is 24.1 Å². The highest BCUT2D eigenvalue weighted by Gasteiger charge is 2.25. The molecule has 0 radical (unpaired) electrons. The molecule has 0 fully saturated rings. The van der Waals surface area contributed by atoms with Gasteiger partial charge in [0.1, 0.15) is 18.2 Å². The molecule has 0 bridgehead atoms. The number of hydrogen-bond donors (Lipinski definition) is 0. The lowest BCUT2D eigenvalue weighted by molar-refractivity contribution is -0.662. The SMILES string of the molecule is [2H]C([2H])([2H])C([2H])(c1cc(-c2c(C)ccc3c2oc2c(-c4ccc(-c5ccc([Si](C)(C)C)cc5)cc4)c(C#N)ccc23)[n+](C)cc1F)C([2H])([2H])[2H]. The number of nitriles is 1. The topological polar surface area (TPSA) is 40.8 Å². The standard InChI is InChI=1S/C38H36FN2OSi/c1-23(2)32-20-34(41(4)22-33(32)39)35-24(3)8-18-30-31-19-15-28(21-40)36(38(31)42-37(30)35)27-11-9-25(10-12-27)26-13-16-29(17-14-26)43(5,6)7/h8-20,22-23H,1-7H3/q+1/i1D3,2D3,23D. The van der Waals surface area contributed by atoms with E-state index >= 15 is 4.39 Å². The Hall–Kier alpha value is -4.53. The Morgan fingerprint density at radius 1 is 0.860 bits per heavy atom. The van der Waals surface area contributed by atoms with Gasteiger partial charge in [0, 0.05) is 37.6 Å². The minimum Gasteiger partial charge on any atom is -0.454 e. The van der Waals surface area contributed by atoms with E-state index in [9.17, 15) is 5.26 Å². The summed E-state index contributed by atoms with van der Waals surface area (Å²) in [6.45, 7) is 2.01. The molecular formula is C38H36FN2OSi+. The lowest BCUT2D eigenvalue weighted by atomic mass is 9.94. The third-order valence-electron chi connectivity index (χ3n) is 8.15. The number of furan rings is 1. The number of halogens is 1. The Bertz CT molecular complexity index is 2320. The van der Waals surface area contributed by atoms with Crippen molar-refractivity contribution in [1.82, 2.24) is 0 Å². The quantitative estimate of drug-likeness (QED) is 0.148. The van der Waals surface area contributed by atoms with Gasteiger partial charge in [0.15, 0.2) is 5.82 Å². The fourth-order valence-electron chi connectivity index (χ4n) is 5.75. The average Bonchev–Trinajstić information content (AvgIpc) is 3.41.